The zero-order valence-electron chi connectivity index (χ0n) is 15.6. The number of ketones is 1. The van der Waals surface area contributed by atoms with Crippen LogP contribution in [0.5, 0.6) is 0 Å². The minimum absolute atomic E-state index is 0.0129. The number of furan rings is 1. The summed E-state index contributed by atoms with van der Waals surface area (Å²) < 4.78 is 19.8. The van der Waals surface area contributed by atoms with Crippen LogP contribution >= 0.6 is 0 Å². The highest BCUT2D eigenvalue weighted by atomic mass is 19.1. The summed E-state index contributed by atoms with van der Waals surface area (Å²) in [7, 11) is 0. The molecule has 4 rings (SSSR count). The number of hydrogen-bond donors (Lipinski definition) is 1. The van der Waals surface area contributed by atoms with Crippen molar-refractivity contribution in [1.29, 1.82) is 0 Å². The van der Waals surface area contributed by atoms with Gasteiger partial charge in [-0.25, -0.2) is 4.39 Å². The van der Waals surface area contributed by atoms with Gasteiger partial charge in [-0.3, -0.25) is 14.4 Å². The van der Waals surface area contributed by atoms with E-state index in [0.717, 1.165) is 0 Å². The van der Waals surface area contributed by atoms with E-state index in [-0.39, 0.29) is 23.1 Å². The Morgan fingerprint density at radius 2 is 2.00 bits per heavy atom. The van der Waals surface area contributed by atoms with E-state index in [4.69, 9.17) is 4.42 Å². The van der Waals surface area contributed by atoms with Crippen LogP contribution in [0, 0.1) is 12.7 Å². The summed E-state index contributed by atoms with van der Waals surface area (Å²) in [6, 6.07) is 5.32. The van der Waals surface area contributed by atoms with E-state index < -0.39 is 17.8 Å². The Hall–Kier alpha value is -2.96. The number of halogens is 1. The van der Waals surface area contributed by atoms with Crippen molar-refractivity contribution in [2.24, 2.45) is 0 Å². The number of piperidine rings is 1. The number of aryl methyl sites for hydroxylation is 1. The van der Waals surface area contributed by atoms with Crippen molar-refractivity contribution in [1.82, 2.24) is 5.32 Å². The minimum Gasteiger partial charge on any atom is -0.455 e. The van der Waals surface area contributed by atoms with Gasteiger partial charge in [0, 0.05) is 24.9 Å². The van der Waals surface area contributed by atoms with Crippen LogP contribution in [0.25, 0.3) is 0 Å². The number of hydrogen-bond acceptors (Lipinski definition) is 4. The van der Waals surface area contributed by atoms with Gasteiger partial charge in [0.05, 0.1) is 11.3 Å². The average molecular weight is 384 g/mol. The number of nitrogens with one attached hydrogen (secondary N) is 1. The van der Waals surface area contributed by atoms with Crippen LogP contribution in [0.2, 0.25) is 0 Å². The first-order valence-electron chi connectivity index (χ1n) is 9.49. The monoisotopic (exact) mass is 384 g/mol. The normalized spacial score (nSPS) is 19.5. The minimum atomic E-state index is -0.766. The van der Waals surface area contributed by atoms with E-state index in [0.29, 0.717) is 55.5 Å². The molecule has 2 aliphatic rings. The second kappa shape index (κ2) is 7.22. The fraction of sp³-hybridized carbons (Fsp3) is 0.381. The third-order valence-corrected chi connectivity index (χ3v) is 5.40. The highest BCUT2D eigenvalue weighted by molar-refractivity contribution is 6.05. The van der Waals surface area contributed by atoms with E-state index in [1.54, 1.807) is 25.1 Å². The predicted octanol–water partition coefficient (Wildman–Crippen LogP) is 3.17. The largest absolute Gasteiger partial charge is 0.455 e. The maximum atomic E-state index is 14.1. The molecule has 2 heterocycles. The van der Waals surface area contributed by atoms with Crippen LogP contribution in [0.1, 0.15) is 57.9 Å². The highest BCUT2D eigenvalue weighted by Gasteiger charge is 2.34. The number of rotatable bonds is 3. The number of benzene rings is 1. The summed E-state index contributed by atoms with van der Waals surface area (Å²) in [4.78, 5) is 39.1. The van der Waals surface area contributed by atoms with Gasteiger partial charge >= 0.3 is 0 Å². The number of Topliss-reactive ketones (excluding diaryl/α,β-unsaturated/α-hetero) is 1. The van der Waals surface area contributed by atoms with Gasteiger partial charge in [-0.2, -0.15) is 0 Å². The smallest absolute Gasteiger partial charge is 0.287 e. The number of carbonyl (C=O) groups is 3. The Morgan fingerprint density at radius 3 is 2.75 bits per heavy atom. The molecule has 28 heavy (non-hydrogen) atoms. The number of amides is 2. The average Bonchev–Trinajstić information content (AvgIpc) is 3.02. The lowest BCUT2D eigenvalue weighted by Gasteiger charge is -2.32. The Balaban J connectivity index is 1.54. The van der Waals surface area contributed by atoms with E-state index in [9.17, 15) is 18.8 Å². The second-order valence-corrected chi connectivity index (χ2v) is 7.24. The molecule has 0 bridgehead atoms. The van der Waals surface area contributed by atoms with Gasteiger partial charge in [0.1, 0.15) is 17.6 Å². The lowest BCUT2D eigenvalue weighted by molar-refractivity contribution is -0.121. The SMILES string of the molecule is Cc1c(C(=O)NC2CCCN(c3ccccc3F)C2=O)oc2c1C(=O)CCC2. The Kier molecular flexibility index (Phi) is 4.75. The molecule has 7 heteroatoms. The van der Waals surface area contributed by atoms with Crippen LogP contribution in [-0.2, 0) is 11.2 Å². The molecule has 1 aromatic carbocycles. The van der Waals surface area contributed by atoms with Gasteiger partial charge in [0.2, 0.25) is 5.91 Å². The lowest BCUT2D eigenvalue weighted by Crippen LogP contribution is -2.52. The van der Waals surface area contributed by atoms with E-state index in [1.807, 2.05) is 0 Å². The molecule has 1 fully saturated rings. The second-order valence-electron chi connectivity index (χ2n) is 7.24. The molecule has 1 aromatic heterocycles. The van der Waals surface area contributed by atoms with E-state index >= 15 is 0 Å². The number of para-hydroxylation sites is 1. The maximum absolute atomic E-state index is 14.1. The van der Waals surface area contributed by atoms with Crippen molar-refractivity contribution in [3.63, 3.8) is 0 Å². The van der Waals surface area contributed by atoms with Crippen LogP contribution in [0.15, 0.2) is 28.7 Å². The number of anilines is 1. The van der Waals surface area contributed by atoms with E-state index in [1.165, 1.54) is 11.0 Å². The molecular formula is C21H21FN2O4. The summed E-state index contributed by atoms with van der Waals surface area (Å²) in [5, 5.41) is 2.71. The van der Waals surface area contributed by atoms with E-state index in [2.05, 4.69) is 5.32 Å². The van der Waals surface area contributed by atoms with Gasteiger partial charge in [-0.15, -0.1) is 0 Å². The molecule has 1 N–H and O–H groups in total. The molecule has 0 spiro atoms. The van der Waals surface area contributed by atoms with Gasteiger partial charge in [-0.1, -0.05) is 12.1 Å². The third kappa shape index (κ3) is 3.10. The van der Waals surface area contributed by atoms with Crippen LogP contribution in [0.3, 0.4) is 0 Å². The fourth-order valence-corrected chi connectivity index (χ4v) is 4.01. The lowest BCUT2D eigenvalue weighted by atomic mass is 9.94. The molecule has 2 aromatic rings. The summed E-state index contributed by atoms with van der Waals surface area (Å²) >= 11 is 0. The first-order valence-corrected chi connectivity index (χ1v) is 9.49. The zero-order valence-corrected chi connectivity index (χ0v) is 15.6. The highest BCUT2D eigenvalue weighted by Crippen LogP contribution is 2.30. The summed E-state index contributed by atoms with van der Waals surface area (Å²) in [6.07, 6.45) is 2.88. The van der Waals surface area contributed by atoms with Gasteiger partial charge in [0.25, 0.3) is 5.91 Å². The summed E-state index contributed by atoms with van der Waals surface area (Å²) in [6.45, 7) is 2.09. The summed E-state index contributed by atoms with van der Waals surface area (Å²) in [5.74, 6) is -0.738. The van der Waals surface area contributed by atoms with Crippen molar-refractivity contribution < 1.29 is 23.2 Å². The zero-order chi connectivity index (χ0) is 19.8. The molecule has 1 aliphatic heterocycles. The topological polar surface area (TPSA) is 79.6 Å². The molecule has 1 aliphatic carbocycles. The molecule has 2 amide bonds. The van der Waals surface area contributed by atoms with Crippen molar-refractivity contribution in [3.8, 4) is 0 Å². The first kappa shape index (κ1) is 18.4. The Morgan fingerprint density at radius 1 is 1.21 bits per heavy atom. The maximum Gasteiger partial charge on any atom is 0.287 e. The standard InChI is InChI=1S/C21H21FN2O4/c1-12-18-16(25)9-4-10-17(18)28-19(12)20(26)23-14-7-5-11-24(21(14)27)15-8-3-2-6-13(15)22/h2-3,6,8,14H,4-5,7,9-11H2,1H3,(H,23,26). The molecule has 1 atom stereocenters. The van der Waals surface area contributed by atoms with Gasteiger partial charge in [-0.05, 0) is 38.3 Å². The Bertz CT molecular complexity index is 965. The number of carbonyl (C=O) groups excluding carboxylic acids is 3. The first-order chi connectivity index (χ1) is 13.5. The third-order valence-electron chi connectivity index (χ3n) is 5.40. The van der Waals surface area contributed by atoms with Crippen molar-refractivity contribution in [2.45, 2.75) is 45.1 Å². The molecule has 146 valence electrons. The molecule has 1 unspecified atom stereocenters. The van der Waals surface area contributed by atoms with Crippen molar-refractivity contribution >= 4 is 23.3 Å². The molecular weight excluding hydrogens is 363 g/mol. The van der Waals surface area contributed by atoms with Crippen molar-refractivity contribution in [3.05, 3.63) is 52.7 Å². The molecule has 6 nitrogen and oxygen atoms in total. The summed E-state index contributed by atoms with van der Waals surface area (Å²) in [5.41, 5.74) is 1.23. The molecule has 1 saturated heterocycles. The molecule has 0 saturated carbocycles. The number of fused-ring (bicyclic) bond motifs is 1. The van der Waals surface area contributed by atoms with Crippen LogP contribution in [-0.4, -0.2) is 30.2 Å². The molecule has 0 radical (unpaired) electrons. The van der Waals surface area contributed by atoms with Crippen LogP contribution < -0.4 is 10.2 Å². The predicted molar refractivity (Wildman–Crippen MR) is 100.0 cm³/mol. The van der Waals surface area contributed by atoms with Gasteiger partial charge < -0.3 is 14.6 Å². The Labute approximate surface area is 161 Å². The van der Waals surface area contributed by atoms with Crippen molar-refractivity contribution in [2.75, 3.05) is 11.4 Å². The van der Waals surface area contributed by atoms with Crippen LogP contribution in [0.4, 0.5) is 10.1 Å². The number of nitrogens with zero attached hydrogens (tertiary/aromatic N) is 1. The van der Waals surface area contributed by atoms with Gasteiger partial charge in [0.15, 0.2) is 11.5 Å². The quantitative estimate of drug-likeness (QED) is 0.882. The fourth-order valence-electron chi connectivity index (χ4n) is 4.01.